The SMILES string of the molecule is Cc1cc2cc(C)c1NC(=O)c1cc(N(C)C)cc(n1)C(=O)Nc1c(C)cc(cc1C)C1(CCCCC1)c1cc(C)c(c(C)c1)NC(=O)c1cc(N(C)C)cc(n1)C(=O)Nc1c(C)cc(cc1C)C21CCCCC1. The van der Waals surface area contributed by atoms with Crippen molar-refractivity contribution in [1.82, 2.24) is 9.97 Å². The summed E-state index contributed by atoms with van der Waals surface area (Å²) in [5, 5.41) is 12.8. The maximum atomic E-state index is 14.4. The van der Waals surface area contributed by atoms with E-state index in [2.05, 4.69) is 69.8 Å². The van der Waals surface area contributed by atoms with Gasteiger partial charge in [0.25, 0.3) is 23.6 Å². The molecule has 12 aliphatic rings. The molecule has 2 saturated carbocycles. The van der Waals surface area contributed by atoms with E-state index in [-0.39, 0.29) is 33.6 Å². The molecule has 4 amide bonds. The van der Waals surface area contributed by atoms with Crippen LogP contribution in [0.15, 0.2) is 72.8 Å². The summed E-state index contributed by atoms with van der Waals surface area (Å²) in [6, 6.07) is 24.6. The maximum absolute atomic E-state index is 14.4. The molecule has 12 bridgehead atoms. The van der Waals surface area contributed by atoms with Crippen molar-refractivity contribution in [2.45, 2.75) is 130 Å². The molecule has 384 valence electrons. The molecule has 2 spiro atoms. The molecule has 0 unspecified atom stereocenters. The molecule has 4 N–H and O–H groups in total. The van der Waals surface area contributed by atoms with Gasteiger partial charge in [0.2, 0.25) is 0 Å². The average molecular weight is 993 g/mol. The molecule has 4 aromatic carbocycles. The van der Waals surface area contributed by atoms with Crippen LogP contribution in [-0.2, 0) is 10.8 Å². The van der Waals surface area contributed by atoms with Gasteiger partial charge in [0.1, 0.15) is 22.8 Å². The van der Waals surface area contributed by atoms with Gasteiger partial charge in [0.05, 0.1) is 0 Å². The molecule has 10 aliphatic heterocycles. The summed E-state index contributed by atoms with van der Waals surface area (Å²) in [4.78, 5) is 70.7. The first kappa shape index (κ1) is 51.6. The highest BCUT2D eigenvalue weighted by atomic mass is 16.2. The molecule has 2 aliphatic carbocycles. The van der Waals surface area contributed by atoms with Crippen molar-refractivity contribution in [3.63, 3.8) is 0 Å². The summed E-state index contributed by atoms with van der Waals surface area (Å²) >= 11 is 0. The van der Waals surface area contributed by atoms with E-state index < -0.39 is 23.6 Å². The van der Waals surface area contributed by atoms with E-state index >= 15 is 0 Å². The summed E-state index contributed by atoms with van der Waals surface area (Å²) in [6.45, 7) is 16.3. The molecular weight excluding hydrogens is 921 g/mol. The van der Waals surface area contributed by atoms with Crippen LogP contribution >= 0.6 is 0 Å². The standard InChI is InChI=1S/C62H72N8O4/c1-35-23-43-24-36(2)53(35)65-57(71)49-31-47(69(9)10)32-50(63-49)58(72)67-55-39(5)27-45(28-40(55)6)62(21-17-14-18-22-62)46-29-41(7)56(42(8)30-46)68-60(74)52-34-48(70(11)12)33-51(64-52)59(73)66-54-37(3)25-44(26-38(54)4)61(43)19-15-13-16-20-61/h23-34H,13-22H2,1-12H3,(H,65,71)(H,66,73)(H,67,72)(H,68,74). The number of carbonyl (C=O) groups excluding carboxylic acids is 4. The lowest BCUT2D eigenvalue weighted by molar-refractivity contribution is 0.0998. The molecule has 2 aromatic heterocycles. The summed E-state index contributed by atoms with van der Waals surface area (Å²) in [7, 11) is 7.53. The number of pyridine rings is 2. The van der Waals surface area contributed by atoms with Crippen LogP contribution in [0.2, 0.25) is 0 Å². The second kappa shape index (κ2) is 20.2. The first-order chi connectivity index (χ1) is 35.2. The van der Waals surface area contributed by atoms with Crippen LogP contribution < -0.4 is 31.1 Å². The van der Waals surface area contributed by atoms with Crippen molar-refractivity contribution in [2.75, 3.05) is 59.3 Å². The quantitative estimate of drug-likeness (QED) is 0.134. The molecule has 0 saturated heterocycles. The minimum absolute atomic E-state index is 0.137. The molecule has 18 rings (SSSR count). The largest absolute Gasteiger partial charge is 0.378 e. The molecule has 0 atom stereocenters. The maximum Gasteiger partial charge on any atom is 0.274 e. The van der Waals surface area contributed by atoms with E-state index in [0.29, 0.717) is 34.1 Å². The number of anilines is 6. The Morgan fingerprint density at radius 3 is 0.730 bits per heavy atom. The Hall–Kier alpha value is -7.34. The molecule has 12 heterocycles. The average Bonchev–Trinajstić information content (AvgIpc) is 3.37. The molecular formula is C62H72N8O4. The van der Waals surface area contributed by atoms with Crippen LogP contribution in [0.4, 0.5) is 34.1 Å². The van der Waals surface area contributed by atoms with Gasteiger partial charge in [-0.1, -0.05) is 87.1 Å². The van der Waals surface area contributed by atoms with Crippen molar-refractivity contribution in [3.05, 3.63) is 162 Å². The van der Waals surface area contributed by atoms with E-state index in [0.717, 1.165) is 109 Å². The van der Waals surface area contributed by atoms with Gasteiger partial charge in [-0.15, -0.1) is 0 Å². The van der Waals surface area contributed by atoms with Crippen LogP contribution in [-0.4, -0.2) is 61.8 Å². The Morgan fingerprint density at radius 1 is 0.338 bits per heavy atom. The van der Waals surface area contributed by atoms with E-state index in [1.165, 1.54) is 22.3 Å². The van der Waals surface area contributed by atoms with Gasteiger partial charge in [0, 0.05) is 73.1 Å². The lowest BCUT2D eigenvalue weighted by Gasteiger charge is -2.40. The zero-order chi connectivity index (χ0) is 53.0. The lowest BCUT2D eigenvalue weighted by Crippen LogP contribution is -2.31. The number of aryl methyl sites for hydroxylation is 8. The van der Waals surface area contributed by atoms with Crippen molar-refractivity contribution < 1.29 is 19.2 Å². The zero-order valence-electron chi connectivity index (χ0n) is 45.4. The Labute approximate surface area is 437 Å². The number of hydrogen-bond acceptors (Lipinski definition) is 8. The van der Waals surface area contributed by atoms with Gasteiger partial charge in [-0.2, -0.15) is 0 Å². The third-order valence-electron chi connectivity index (χ3n) is 16.3. The Kier molecular flexibility index (Phi) is 14.1. The fraction of sp³-hybridized carbons (Fsp3) is 0.387. The van der Waals surface area contributed by atoms with Gasteiger partial charge in [0.15, 0.2) is 0 Å². The number of benzene rings is 4. The normalized spacial score (nSPS) is 16.6. The lowest BCUT2D eigenvalue weighted by atomic mass is 9.64. The van der Waals surface area contributed by atoms with Crippen molar-refractivity contribution in [1.29, 1.82) is 0 Å². The van der Waals surface area contributed by atoms with Gasteiger partial charge in [-0.3, -0.25) is 19.2 Å². The number of hydrogen-bond donors (Lipinski definition) is 4. The number of nitrogens with zero attached hydrogens (tertiary/aromatic N) is 4. The summed E-state index contributed by atoms with van der Waals surface area (Å²) in [6.07, 6.45) is 10.4. The first-order valence-electron chi connectivity index (χ1n) is 26.3. The Bertz CT molecular complexity index is 2770. The summed E-state index contributed by atoms with van der Waals surface area (Å²) in [5.74, 6) is -1.61. The summed E-state index contributed by atoms with van der Waals surface area (Å²) in [5.41, 5.74) is 16.3. The predicted molar refractivity (Wildman–Crippen MR) is 300 cm³/mol. The number of aromatic nitrogens is 2. The third-order valence-corrected chi connectivity index (χ3v) is 16.3. The van der Waals surface area contributed by atoms with Crippen LogP contribution in [0.25, 0.3) is 0 Å². The molecule has 2 fully saturated rings. The summed E-state index contributed by atoms with van der Waals surface area (Å²) < 4.78 is 0. The molecule has 12 heteroatoms. The van der Waals surface area contributed by atoms with Crippen molar-refractivity contribution in [2.24, 2.45) is 0 Å². The minimum atomic E-state index is -0.404. The van der Waals surface area contributed by atoms with Gasteiger partial charge >= 0.3 is 0 Å². The molecule has 12 nitrogen and oxygen atoms in total. The Morgan fingerprint density at radius 2 is 0.541 bits per heavy atom. The van der Waals surface area contributed by atoms with Crippen molar-refractivity contribution >= 4 is 57.8 Å². The monoisotopic (exact) mass is 993 g/mol. The van der Waals surface area contributed by atoms with E-state index in [9.17, 15) is 19.2 Å². The number of amides is 4. The highest BCUT2D eigenvalue weighted by molar-refractivity contribution is 6.09. The zero-order valence-corrected chi connectivity index (χ0v) is 45.4. The second-order valence-corrected chi connectivity index (χ2v) is 22.0. The van der Waals surface area contributed by atoms with Crippen LogP contribution in [0.1, 0.15) is 173 Å². The van der Waals surface area contributed by atoms with Gasteiger partial charge < -0.3 is 31.1 Å². The number of nitrogens with one attached hydrogen (secondary N) is 4. The molecule has 74 heavy (non-hydrogen) atoms. The predicted octanol–water partition coefficient (Wildman–Crippen LogP) is 12.9. The van der Waals surface area contributed by atoms with Gasteiger partial charge in [-0.05, 0) is 172 Å². The Balaban J connectivity index is 1.18. The second-order valence-electron chi connectivity index (χ2n) is 22.0. The van der Waals surface area contributed by atoms with E-state index in [4.69, 9.17) is 9.97 Å². The first-order valence-corrected chi connectivity index (χ1v) is 26.3. The fourth-order valence-corrected chi connectivity index (χ4v) is 12.3. The fourth-order valence-electron chi connectivity index (χ4n) is 12.3. The smallest absolute Gasteiger partial charge is 0.274 e. The number of rotatable bonds is 2. The topological polar surface area (TPSA) is 149 Å². The molecule has 6 aromatic rings. The third kappa shape index (κ3) is 9.66. The van der Waals surface area contributed by atoms with Crippen LogP contribution in [0.3, 0.4) is 0 Å². The minimum Gasteiger partial charge on any atom is -0.378 e. The van der Waals surface area contributed by atoms with Crippen LogP contribution in [0.5, 0.6) is 0 Å². The van der Waals surface area contributed by atoms with Crippen LogP contribution in [0, 0.1) is 55.4 Å². The van der Waals surface area contributed by atoms with E-state index in [1.54, 1.807) is 24.3 Å². The number of carbonyl (C=O) groups is 4. The molecule has 0 radical (unpaired) electrons. The van der Waals surface area contributed by atoms with Gasteiger partial charge in [-0.25, -0.2) is 9.97 Å². The van der Waals surface area contributed by atoms with Crippen molar-refractivity contribution in [3.8, 4) is 0 Å². The highest BCUT2D eigenvalue weighted by Crippen LogP contribution is 2.49. The highest BCUT2D eigenvalue weighted by Gasteiger charge is 2.39. The van der Waals surface area contributed by atoms with E-state index in [1.807, 2.05) is 93.4 Å².